The number of sulfonamides is 1. The lowest BCUT2D eigenvalue weighted by atomic mass is 9.91. The third kappa shape index (κ3) is 4.64. The van der Waals surface area contributed by atoms with Gasteiger partial charge in [-0.25, -0.2) is 28.3 Å². The molecule has 2 atom stereocenters. The van der Waals surface area contributed by atoms with E-state index in [1.807, 2.05) is 24.3 Å². The average molecular weight is 627 g/mol. The summed E-state index contributed by atoms with van der Waals surface area (Å²) in [5.41, 5.74) is 6.95. The molecule has 1 fully saturated rings. The van der Waals surface area contributed by atoms with Crippen molar-refractivity contribution in [2.45, 2.75) is 42.8 Å². The maximum absolute atomic E-state index is 14.3. The molecule has 216 valence electrons. The third-order valence-corrected chi connectivity index (χ3v) is 9.98. The maximum Gasteiger partial charge on any atom is 0.261 e. The second-order valence-corrected chi connectivity index (χ2v) is 13.2. The zero-order valence-corrected chi connectivity index (χ0v) is 24.6. The Balaban J connectivity index is 1.47. The van der Waals surface area contributed by atoms with E-state index in [0.717, 1.165) is 21.0 Å². The summed E-state index contributed by atoms with van der Waals surface area (Å²) in [6, 6.07) is 11.2. The van der Waals surface area contributed by atoms with Gasteiger partial charge in [0.05, 0.1) is 11.9 Å². The number of hydrogen-bond acceptors (Lipinski definition) is 7. The Hall–Kier alpha value is -3.84. The largest absolute Gasteiger partial charge is 0.368 e. The SMILES string of the molecule is CC1(Cc2ccc(-c3cncnc3)cc2)C(=O)N(c2cc(Cl)cc(Cl)c2)c2ncc(S(=O)(=O)N3CCCC3C(N)=O)n21. The number of benzene rings is 2. The van der Waals surface area contributed by atoms with Crippen molar-refractivity contribution in [2.75, 3.05) is 11.4 Å². The highest BCUT2D eigenvalue weighted by Crippen LogP contribution is 2.45. The number of carbonyl (C=O) groups is 2. The number of nitrogens with zero attached hydrogens (tertiary/aromatic N) is 6. The lowest BCUT2D eigenvalue weighted by Gasteiger charge is -2.28. The molecule has 2 aromatic carbocycles. The van der Waals surface area contributed by atoms with Gasteiger partial charge in [-0.15, -0.1) is 0 Å². The van der Waals surface area contributed by atoms with Crippen LogP contribution in [-0.4, -0.2) is 56.6 Å². The third-order valence-electron chi connectivity index (χ3n) is 7.68. The number of halogens is 2. The molecule has 0 bridgehead atoms. The summed E-state index contributed by atoms with van der Waals surface area (Å²) < 4.78 is 30.6. The molecule has 2 aliphatic rings. The summed E-state index contributed by atoms with van der Waals surface area (Å²) in [5.74, 6) is -1.06. The molecule has 6 rings (SSSR count). The van der Waals surface area contributed by atoms with Gasteiger partial charge in [-0.2, -0.15) is 4.31 Å². The second-order valence-electron chi connectivity index (χ2n) is 10.5. The molecule has 0 spiro atoms. The highest BCUT2D eigenvalue weighted by molar-refractivity contribution is 7.89. The van der Waals surface area contributed by atoms with Gasteiger partial charge in [-0.1, -0.05) is 47.5 Å². The van der Waals surface area contributed by atoms with Crippen LogP contribution in [0.15, 0.2) is 72.4 Å². The number of hydrogen-bond donors (Lipinski definition) is 1. The van der Waals surface area contributed by atoms with Crippen LogP contribution in [0.25, 0.3) is 11.1 Å². The summed E-state index contributed by atoms with van der Waals surface area (Å²) in [4.78, 5) is 40.3. The van der Waals surface area contributed by atoms with Crippen molar-refractivity contribution in [1.82, 2.24) is 23.8 Å². The van der Waals surface area contributed by atoms with Crippen LogP contribution in [0.5, 0.6) is 0 Å². The van der Waals surface area contributed by atoms with Gasteiger partial charge < -0.3 is 5.73 Å². The zero-order chi connectivity index (χ0) is 29.8. The van der Waals surface area contributed by atoms with Crippen molar-refractivity contribution in [3.63, 3.8) is 0 Å². The van der Waals surface area contributed by atoms with Gasteiger partial charge >= 0.3 is 0 Å². The Morgan fingerprint density at radius 2 is 1.71 bits per heavy atom. The summed E-state index contributed by atoms with van der Waals surface area (Å²) in [7, 11) is -4.28. The number of aromatic nitrogens is 4. The molecule has 2 N–H and O–H groups in total. The first-order valence-corrected chi connectivity index (χ1v) is 15.2. The minimum atomic E-state index is -4.28. The van der Waals surface area contributed by atoms with E-state index < -0.39 is 33.4 Å². The monoisotopic (exact) mass is 625 g/mol. The lowest BCUT2D eigenvalue weighted by molar-refractivity contribution is -0.124. The van der Waals surface area contributed by atoms with Crippen molar-refractivity contribution in [3.05, 3.63) is 83.0 Å². The van der Waals surface area contributed by atoms with Gasteiger partial charge in [0.2, 0.25) is 11.9 Å². The number of amides is 2. The highest BCUT2D eigenvalue weighted by atomic mass is 35.5. The molecule has 4 heterocycles. The Kier molecular flexibility index (Phi) is 7.04. The predicted octanol–water partition coefficient (Wildman–Crippen LogP) is 3.92. The molecule has 2 unspecified atom stereocenters. The minimum absolute atomic E-state index is 0.0901. The normalized spacial score (nSPS) is 20.7. The number of nitrogens with two attached hydrogens (primary N) is 1. The van der Waals surface area contributed by atoms with Crippen LogP contribution in [0.3, 0.4) is 0 Å². The van der Waals surface area contributed by atoms with E-state index in [2.05, 4.69) is 15.0 Å². The molecule has 1 saturated heterocycles. The molecule has 14 heteroatoms. The van der Waals surface area contributed by atoms with E-state index >= 15 is 0 Å². The Bertz CT molecular complexity index is 1800. The standard InChI is InChI=1S/C28H25Cl2N7O4S/c1-28(12-17-4-6-18(7-5-17)19-13-32-16-33-14-19)26(39)36(22-10-20(29)9-21(30)11-22)27-34-15-24(37(27)28)42(40,41)35-8-2-3-23(35)25(31)38/h4-7,9-11,13-16,23H,2-3,8,12H2,1H3,(H2,31,38). The van der Waals surface area contributed by atoms with Crippen molar-refractivity contribution in [2.24, 2.45) is 5.73 Å². The molecule has 2 aliphatic heterocycles. The van der Waals surface area contributed by atoms with E-state index in [1.165, 1.54) is 28.1 Å². The van der Waals surface area contributed by atoms with Gasteiger partial charge in [0.1, 0.15) is 17.9 Å². The molecule has 0 radical (unpaired) electrons. The van der Waals surface area contributed by atoms with Crippen molar-refractivity contribution < 1.29 is 18.0 Å². The molecule has 4 aromatic rings. The fourth-order valence-electron chi connectivity index (χ4n) is 5.71. The summed E-state index contributed by atoms with van der Waals surface area (Å²) >= 11 is 12.5. The van der Waals surface area contributed by atoms with Gasteiger partial charge in [0.25, 0.3) is 15.9 Å². The van der Waals surface area contributed by atoms with Crippen LogP contribution < -0.4 is 10.6 Å². The summed E-state index contributed by atoms with van der Waals surface area (Å²) in [6.45, 7) is 1.79. The number of rotatable bonds is 7. The predicted molar refractivity (Wildman–Crippen MR) is 157 cm³/mol. The molecular weight excluding hydrogens is 601 g/mol. The first-order valence-electron chi connectivity index (χ1n) is 13.0. The van der Waals surface area contributed by atoms with Crippen molar-refractivity contribution >= 4 is 56.7 Å². The van der Waals surface area contributed by atoms with E-state index in [4.69, 9.17) is 28.9 Å². The van der Waals surface area contributed by atoms with Crippen molar-refractivity contribution in [1.29, 1.82) is 0 Å². The number of anilines is 2. The van der Waals surface area contributed by atoms with E-state index in [1.54, 1.807) is 31.5 Å². The van der Waals surface area contributed by atoms with Gasteiger partial charge in [0.15, 0.2) is 5.03 Å². The molecule has 42 heavy (non-hydrogen) atoms. The second kappa shape index (κ2) is 10.5. The van der Waals surface area contributed by atoms with Gasteiger partial charge in [0, 0.05) is 41.0 Å². The fourth-order valence-corrected chi connectivity index (χ4v) is 8.08. The zero-order valence-electron chi connectivity index (χ0n) is 22.3. The van der Waals surface area contributed by atoms with Crippen LogP contribution >= 0.6 is 23.2 Å². The van der Waals surface area contributed by atoms with Crippen LogP contribution in [0.1, 0.15) is 25.3 Å². The topological polar surface area (TPSA) is 144 Å². The van der Waals surface area contributed by atoms with Crippen LogP contribution in [0, 0.1) is 0 Å². The number of primary amides is 1. The molecule has 0 saturated carbocycles. The highest BCUT2D eigenvalue weighted by Gasteiger charge is 2.53. The van der Waals surface area contributed by atoms with Gasteiger partial charge in [-0.05, 0) is 49.1 Å². The number of imidazole rings is 1. The van der Waals surface area contributed by atoms with Crippen LogP contribution in [0.4, 0.5) is 11.6 Å². The van der Waals surface area contributed by atoms with Gasteiger partial charge in [-0.3, -0.25) is 14.2 Å². The molecule has 2 amide bonds. The van der Waals surface area contributed by atoms with Crippen LogP contribution in [-0.2, 0) is 31.6 Å². The Morgan fingerprint density at radius 1 is 1.05 bits per heavy atom. The number of carbonyl (C=O) groups excluding carboxylic acids is 2. The Labute approximate surface area is 252 Å². The van der Waals surface area contributed by atoms with Crippen LogP contribution in [0.2, 0.25) is 10.0 Å². The van der Waals surface area contributed by atoms with Crippen molar-refractivity contribution in [3.8, 4) is 11.1 Å². The molecule has 2 aromatic heterocycles. The lowest BCUT2D eigenvalue weighted by Crippen LogP contribution is -2.46. The maximum atomic E-state index is 14.3. The summed E-state index contributed by atoms with van der Waals surface area (Å²) in [6.07, 6.45) is 6.99. The first-order chi connectivity index (χ1) is 20.0. The average Bonchev–Trinajstić information content (AvgIpc) is 3.67. The minimum Gasteiger partial charge on any atom is -0.368 e. The Morgan fingerprint density at radius 3 is 2.36 bits per heavy atom. The van der Waals surface area contributed by atoms with E-state index in [9.17, 15) is 18.0 Å². The summed E-state index contributed by atoms with van der Waals surface area (Å²) in [5, 5.41) is 0.383. The molecular formula is C28H25Cl2N7O4S. The molecule has 0 aliphatic carbocycles. The quantitative estimate of drug-likeness (QED) is 0.328. The fraction of sp³-hybridized carbons (Fsp3) is 0.250. The molecule has 11 nitrogen and oxygen atoms in total. The van der Waals surface area contributed by atoms with E-state index in [-0.39, 0.29) is 23.9 Å². The number of fused-ring (bicyclic) bond motifs is 1. The van der Waals surface area contributed by atoms with E-state index in [0.29, 0.717) is 28.6 Å². The first kappa shape index (κ1) is 28.3. The smallest absolute Gasteiger partial charge is 0.261 e.